The normalized spacial score (nSPS) is 14.3. The third-order valence-electron chi connectivity index (χ3n) is 5.32. The zero-order chi connectivity index (χ0) is 22.2. The number of carbonyl (C=O) groups excluding carboxylic acids is 3. The molecule has 31 heavy (non-hydrogen) atoms. The third-order valence-corrected chi connectivity index (χ3v) is 5.32. The first kappa shape index (κ1) is 22.4. The lowest BCUT2D eigenvalue weighted by atomic mass is 10.1. The van der Waals surface area contributed by atoms with E-state index in [0.29, 0.717) is 32.7 Å². The Morgan fingerprint density at radius 1 is 0.935 bits per heavy atom. The topological polar surface area (TPSA) is 86.9 Å². The van der Waals surface area contributed by atoms with Gasteiger partial charge in [-0.05, 0) is 17.7 Å². The largest absolute Gasteiger partial charge is 0.370 e. The number of nitrogens with zero attached hydrogens (tertiary/aromatic N) is 3. The van der Waals surface area contributed by atoms with Gasteiger partial charge in [0.2, 0.25) is 11.8 Å². The number of piperazine rings is 1. The number of amides is 3. The minimum Gasteiger partial charge on any atom is -0.370 e. The van der Waals surface area contributed by atoms with Crippen LogP contribution in [-0.2, 0) is 16.1 Å². The van der Waals surface area contributed by atoms with Gasteiger partial charge in [-0.3, -0.25) is 19.3 Å². The fraction of sp³-hybridized carbons (Fsp3) is 0.348. The zero-order valence-corrected chi connectivity index (χ0v) is 17.4. The summed E-state index contributed by atoms with van der Waals surface area (Å²) in [5, 5.41) is 0. The van der Waals surface area contributed by atoms with E-state index >= 15 is 0 Å². The first-order chi connectivity index (χ1) is 14.9. The summed E-state index contributed by atoms with van der Waals surface area (Å²) in [6.45, 7) is 2.71. The molecular formula is C23H27FN4O3. The molecule has 1 fully saturated rings. The summed E-state index contributed by atoms with van der Waals surface area (Å²) in [5.74, 6) is -1.42. The van der Waals surface area contributed by atoms with Crippen LogP contribution in [0.2, 0.25) is 0 Å². The number of hydrogen-bond acceptors (Lipinski definition) is 4. The molecule has 0 aliphatic carbocycles. The molecule has 7 nitrogen and oxygen atoms in total. The Bertz CT molecular complexity index is 914. The zero-order valence-electron chi connectivity index (χ0n) is 17.4. The summed E-state index contributed by atoms with van der Waals surface area (Å²) >= 11 is 0. The molecule has 0 aromatic heterocycles. The van der Waals surface area contributed by atoms with Crippen molar-refractivity contribution in [3.05, 3.63) is 71.5 Å². The van der Waals surface area contributed by atoms with E-state index in [-0.39, 0.29) is 36.9 Å². The summed E-state index contributed by atoms with van der Waals surface area (Å²) in [5.41, 5.74) is 6.30. The summed E-state index contributed by atoms with van der Waals surface area (Å²) in [4.78, 5) is 41.9. The molecule has 1 aliphatic heterocycles. The van der Waals surface area contributed by atoms with Gasteiger partial charge in [0.25, 0.3) is 5.91 Å². The maximum Gasteiger partial charge on any atom is 0.256 e. The highest BCUT2D eigenvalue weighted by molar-refractivity contribution is 5.94. The standard InChI is InChI=1S/C23H27FN4O3/c24-20-9-5-4-8-19(20)23(31)27-14-12-26(13-15-27)17-22(30)28(11-10-21(25)29)16-18-6-2-1-3-7-18/h1-9H,10-17H2,(H2,25,29). The Labute approximate surface area is 181 Å². The van der Waals surface area contributed by atoms with Crippen molar-refractivity contribution < 1.29 is 18.8 Å². The number of carbonyl (C=O) groups is 3. The van der Waals surface area contributed by atoms with Gasteiger partial charge in [0.15, 0.2) is 0 Å². The fourth-order valence-electron chi connectivity index (χ4n) is 3.55. The second kappa shape index (κ2) is 10.7. The number of rotatable bonds is 8. The van der Waals surface area contributed by atoms with E-state index in [1.807, 2.05) is 35.2 Å². The molecule has 1 heterocycles. The molecule has 164 valence electrons. The van der Waals surface area contributed by atoms with Gasteiger partial charge in [0.05, 0.1) is 12.1 Å². The average Bonchev–Trinajstić information content (AvgIpc) is 2.77. The predicted octanol–water partition coefficient (Wildman–Crippen LogP) is 1.49. The Hall–Kier alpha value is -3.26. The van der Waals surface area contributed by atoms with E-state index in [1.165, 1.54) is 12.1 Å². The maximum atomic E-state index is 13.9. The number of nitrogens with two attached hydrogens (primary N) is 1. The lowest BCUT2D eigenvalue weighted by Gasteiger charge is -2.35. The molecule has 2 aromatic carbocycles. The van der Waals surface area contributed by atoms with Crippen molar-refractivity contribution in [2.75, 3.05) is 39.3 Å². The van der Waals surface area contributed by atoms with E-state index in [0.717, 1.165) is 5.56 Å². The highest BCUT2D eigenvalue weighted by Crippen LogP contribution is 2.13. The second-order valence-corrected chi connectivity index (χ2v) is 7.57. The van der Waals surface area contributed by atoms with Gasteiger partial charge in [-0.25, -0.2) is 4.39 Å². The molecule has 0 unspecified atom stereocenters. The van der Waals surface area contributed by atoms with Gasteiger partial charge in [0, 0.05) is 45.7 Å². The lowest BCUT2D eigenvalue weighted by molar-refractivity contribution is -0.133. The van der Waals surface area contributed by atoms with Crippen LogP contribution in [-0.4, -0.2) is 71.7 Å². The molecule has 2 N–H and O–H groups in total. The molecule has 1 saturated heterocycles. The van der Waals surface area contributed by atoms with Crippen molar-refractivity contribution in [2.24, 2.45) is 5.73 Å². The van der Waals surface area contributed by atoms with Crippen molar-refractivity contribution >= 4 is 17.7 Å². The maximum absolute atomic E-state index is 13.9. The third kappa shape index (κ3) is 6.36. The van der Waals surface area contributed by atoms with Crippen LogP contribution in [0.25, 0.3) is 0 Å². The molecule has 0 bridgehead atoms. The number of halogens is 1. The van der Waals surface area contributed by atoms with Gasteiger partial charge in [-0.1, -0.05) is 42.5 Å². The summed E-state index contributed by atoms with van der Waals surface area (Å²) < 4.78 is 13.9. The van der Waals surface area contributed by atoms with Gasteiger partial charge in [-0.15, -0.1) is 0 Å². The van der Waals surface area contributed by atoms with Crippen LogP contribution in [0.3, 0.4) is 0 Å². The molecule has 3 amide bonds. The van der Waals surface area contributed by atoms with Crippen molar-refractivity contribution in [3.8, 4) is 0 Å². The predicted molar refractivity (Wildman–Crippen MR) is 114 cm³/mol. The highest BCUT2D eigenvalue weighted by atomic mass is 19.1. The van der Waals surface area contributed by atoms with Crippen LogP contribution in [0.4, 0.5) is 4.39 Å². The van der Waals surface area contributed by atoms with Crippen LogP contribution in [0.5, 0.6) is 0 Å². The minimum atomic E-state index is -0.531. The van der Waals surface area contributed by atoms with E-state index in [2.05, 4.69) is 0 Å². The van der Waals surface area contributed by atoms with Gasteiger partial charge < -0.3 is 15.5 Å². The molecule has 0 spiro atoms. The van der Waals surface area contributed by atoms with E-state index in [4.69, 9.17) is 5.73 Å². The molecule has 0 atom stereocenters. The fourth-order valence-corrected chi connectivity index (χ4v) is 3.55. The Balaban J connectivity index is 1.55. The summed E-state index contributed by atoms with van der Waals surface area (Å²) in [7, 11) is 0. The van der Waals surface area contributed by atoms with Crippen molar-refractivity contribution in [3.63, 3.8) is 0 Å². The van der Waals surface area contributed by atoms with Crippen molar-refractivity contribution in [1.82, 2.24) is 14.7 Å². The van der Waals surface area contributed by atoms with Gasteiger partial charge >= 0.3 is 0 Å². The second-order valence-electron chi connectivity index (χ2n) is 7.57. The molecule has 0 saturated carbocycles. The number of primary amides is 1. The van der Waals surface area contributed by atoms with Crippen molar-refractivity contribution in [2.45, 2.75) is 13.0 Å². The highest BCUT2D eigenvalue weighted by Gasteiger charge is 2.26. The molecule has 8 heteroatoms. The molecule has 1 aliphatic rings. The Morgan fingerprint density at radius 3 is 2.23 bits per heavy atom. The van der Waals surface area contributed by atoms with Crippen LogP contribution >= 0.6 is 0 Å². The van der Waals surface area contributed by atoms with Crippen LogP contribution in [0.15, 0.2) is 54.6 Å². The molecule has 2 aromatic rings. The van der Waals surface area contributed by atoms with Gasteiger partial charge in [-0.2, -0.15) is 0 Å². The van der Waals surface area contributed by atoms with Crippen molar-refractivity contribution in [1.29, 1.82) is 0 Å². The first-order valence-corrected chi connectivity index (χ1v) is 10.3. The number of benzene rings is 2. The molecular weight excluding hydrogens is 399 g/mol. The molecule has 3 rings (SSSR count). The van der Waals surface area contributed by atoms with E-state index in [1.54, 1.807) is 21.9 Å². The Morgan fingerprint density at radius 2 is 1.58 bits per heavy atom. The smallest absolute Gasteiger partial charge is 0.256 e. The molecule has 0 radical (unpaired) electrons. The quantitative estimate of drug-likeness (QED) is 0.693. The lowest BCUT2D eigenvalue weighted by Crippen LogP contribution is -2.51. The monoisotopic (exact) mass is 426 g/mol. The Kier molecular flexibility index (Phi) is 7.72. The average molecular weight is 426 g/mol. The summed E-state index contributed by atoms with van der Waals surface area (Å²) in [6, 6.07) is 15.5. The summed E-state index contributed by atoms with van der Waals surface area (Å²) in [6.07, 6.45) is 0.101. The van der Waals surface area contributed by atoms with Crippen LogP contribution < -0.4 is 5.73 Å². The first-order valence-electron chi connectivity index (χ1n) is 10.3. The van der Waals surface area contributed by atoms with Crippen LogP contribution in [0, 0.1) is 5.82 Å². The van der Waals surface area contributed by atoms with Gasteiger partial charge in [0.1, 0.15) is 5.82 Å². The van der Waals surface area contributed by atoms with E-state index in [9.17, 15) is 18.8 Å². The van der Waals surface area contributed by atoms with E-state index < -0.39 is 11.7 Å². The SMILES string of the molecule is NC(=O)CCN(Cc1ccccc1)C(=O)CN1CCN(C(=O)c2ccccc2F)CC1. The minimum absolute atomic E-state index is 0.0625. The number of hydrogen-bond donors (Lipinski definition) is 1. The van der Waals surface area contributed by atoms with Crippen LogP contribution in [0.1, 0.15) is 22.3 Å².